The number of halogens is 2. The number of ether oxygens (including phenoxy) is 1. The van der Waals surface area contributed by atoms with Crippen molar-refractivity contribution in [3.05, 3.63) is 57.5 Å². The number of benzene rings is 2. The first-order chi connectivity index (χ1) is 8.19. The van der Waals surface area contributed by atoms with Crippen LogP contribution in [0.2, 0.25) is 5.02 Å². The van der Waals surface area contributed by atoms with Crippen LogP contribution in [0.5, 0.6) is 11.5 Å². The van der Waals surface area contributed by atoms with E-state index in [1.165, 1.54) is 0 Å². The van der Waals surface area contributed by atoms with Gasteiger partial charge < -0.3 is 10.5 Å². The molecule has 0 saturated carbocycles. The Morgan fingerprint density at radius 1 is 1.18 bits per heavy atom. The first-order valence-corrected chi connectivity index (χ1v) is 6.28. The summed E-state index contributed by atoms with van der Waals surface area (Å²) in [7, 11) is 0. The second-order valence-corrected chi connectivity index (χ2v) is 4.82. The molecule has 4 heteroatoms. The molecule has 17 heavy (non-hydrogen) atoms. The summed E-state index contributed by atoms with van der Waals surface area (Å²) in [6.45, 7) is 0.510. The normalized spacial score (nSPS) is 10.3. The standard InChI is InChI=1S/C13H11BrClNO/c14-12-6-9(8-16)4-5-13(12)17-11-3-1-2-10(15)7-11/h1-7H,8,16H2. The van der Waals surface area contributed by atoms with Gasteiger partial charge in [0.2, 0.25) is 0 Å². The zero-order valence-corrected chi connectivity index (χ0v) is 11.3. The van der Waals surface area contributed by atoms with Crippen LogP contribution in [0.15, 0.2) is 46.9 Å². The predicted octanol–water partition coefficient (Wildman–Crippen LogP) is 4.35. The van der Waals surface area contributed by atoms with Crippen molar-refractivity contribution in [2.24, 2.45) is 5.73 Å². The molecule has 2 nitrogen and oxygen atoms in total. The molecule has 2 aromatic carbocycles. The van der Waals surface area contributed by atoms with E-state index < -0.39 is 0 Å². The highest BCUT2D eigenvalue weighted by Crippen LogP contribution is 2.31. The van der Waals surface area contributed by atoms with Crippen LogP contribution in [0.1, 0.15) is 5.56 Å². The molecule has 88 valence electrons. The molecule has 0 aliphatic heterocycles. The molecular formula is C13H11BrClNO. The lowest BCUT2D eigenvalue weighted by Crippen LogP contribution is -1.96. The van der Waals surface area contributed by atoms with Crippen LogP contribution in [-0.2, 0) is 6.54 Å². The van der Waals surface area contributed by atoms with Crippen LogP contribution in [0.4, 0.5) is 0 Å². The van der Waals surface area contributed by atoms with Gasteiger partial charge in [0.05, 0.1) is 4.47 Å². The van der Waals surface area contributed by atoms with Gasteiger partial charge in [-0.05, 0) is 51.8 Å². The summed E-state index contributed by atoms with van der Waals surface area (Å²) < 4.78 is 6.59. The molecule has 0 atom stereocenters. The van der Waals surface area contributed by atoms with E-state index in [4.69, 9.17) is 22.1 Å². The Labute approximate surface area is 113 Å². The summed E-state index contributed by atoms with van der Waals surface area (Å²) in [6, 6.07) is 13.0. The maximum atomic E-state index is 5.89. The first kappa shape index (κ1) is 12.4. The van der Waals surface area contributed by atoms with Gasteiger partial charge in [0.25, 0.3) is 0 Å². The molecular weight excluding hydrogens is 302 g/mol. The summed E-state index contributed by atoms with van der Waals surface area (Å²) >= 11 is 9.34. The molecule has 0 heterocycles. The van der Waals surface area contributed by atoms with E-state index in [-0.39, 0.29) is 0 Å². The minimum atomic E-state index is 0.510. The molecule has 0 fully saturated rings. The minimum Gasteiger partial charge on any atom is -0.456 e. The average Bonchev–Trinajstić information content (AvgIpc) is 2.32. The maximum Gasteiger partial charge on any atom is 0.141 e. The Morgan fingerprint density at radius 3 is 2.65 bits per heavy atom. The summed E-state index contributed by atoms with van der Waals surface area (Å²) in [5, 5.41) is 0.650. The quantitative estimate of drug-likeness (QED) is 0.914. The summed E-state index contributed by atoms with van der Waals surface area (Å²) in [5.74, 6) is 1.45. The van der Waals surface area contributed by atoms with Gasteiger partial charge in [-0.3, -0.25) is 0 Å². The van der Waals surface area contributed by atoms with E-state index in [1.54, 1.807) is 12.1 Å². The smallest absolute Gasteiger partial charge is 0.141 e. The number of nitrogens with two attached hydrogens (primary N) is 1. The number of rotatable bonds is 3. The van der Waals surface area contributed by atoms with E-state index in [9.17, 15) is 0 Å². The van der Waals surface area contributed by atoms with E-state index in [2.05, 4.69) is 15.9 Å². The molecule has 2 aromatic rings. The monoisotopic (exact) mass is 311 g/mol. The van der Waals surface area contributed by atoms with Crippen molar-refractivity contribution < 1.29 is 4.74 Å². The second kappa shape index (κ2) is 5.54. The van der Waals surface area contributed by atoms with E-state index in [1.807, 2.05) is 30.3 Å². The van der Waals surface area contributed by atoms with Gasteiger partial charge in [-0.1, -0.05) is 23.7 Å². The van der Waals surface area contributed by atoms with Crippen LogP contribution in [-0.4, -0.2) is 0 Å². The van der Waals surface area contributed by atoms with Gasteiger partial charge in [-0.2, -0.15) is 0 Å². The topological polar surface area (TPSA) is 35.2 Å². The average molecular weight is 313 g/mol. The molecule has 2 rings (SSSR count). The molecule has 2 N–H and O–H groups in total. The highest BCUT2D eigenvalue weighted by atomic mass is 79.9. The fourth-order valence-corrected chi connectivity index (χ4v) is 2.10. The van der Waals surface area contributed by atoms with Crippen LogP contribution in [0.25, 0.3) is 0 Å². The number of hydrogen-bond acceptors (Lipinski definition) is 2. The largest absolute Gasteiger partial charge is 0.456 e. The van der Waals surface area contributed by atoms with Crippen LogP contribution >= 0.6 is 27.5 Å². The highest BCUT2D eigenvalue weighted by molar-refractivity contribution is 9.10. The van der Waals surface area contributed by atoms with Crippen molar-refractivity contribution in [2.75, 3.05) is 0 Å². The van der Waals surface area contributed by atoms with E-state index >= 15 is 0 Å². The predicted molar refractivity (Wildman–Crippen MR) is 73.6 cm³/mol. The molecule has 0 aliphatic rings. The fraction of sp³-hybridized carbons (Fsp3) is 0.0769. The Morgan fingerprint density at radius 2 is 2.00 bits per heavy atom. The Balaban J connectivity index is 2.24. The van der Waals surface area contributed by atoms with E-state index in [0.717, 1.165) is 15.8 Å². The van der Waals surface area contributed by atoms with Crippen molar-refractivity contribution in [2.45, 2.75) is 6.54 Å². The van der Waals surface area contributed by atoms with Gasteiger partial charge in [0.15, 0.2) is 0 Å². The van der Waals surface area contributed by atoms with Gasteiger partial charge in [0, 0.05) is 11.6 Å². The molecule has 0 bridgehead atoms. The summed E-state index contributed by atoms with van der Waals surface area (Å²) in [6.07, 6.45) is 0. The van der Waals surface area contributed by atoms with E-state index in [0.29, 0.717) is 17.3 Å². The zero-order valence-electron chi connectivity index (χ0n) is 8.99. The molecule has 0 saturated heterocycles. The third kappa shape index (κ3) is 3.22. The van der Waals surface area contributed by atoms with Crippen LogP contribution < -0.4 is 10.5 Å². The van der Waals surface area contributed by atoms with Crippen molar-refractivity contribution in [3.63, 3.8) is 0 Å². The van der Waals surface area contributed by atoms with Crippen molar-refractivity contribution in [1.29, 1.82) is 0 Å². The third-order valence-electron chi connectivity index (χ3n) is 2.26. The second-order valence-electron chi connectivity index (χ2n) is 3.53. The Kier molecular flexibility index (Phi) is 4.05. The molecule has 0 radical (unpaired) electrons. The molecule has 0 unspecified atom stereocenters. The summed E-state index contributed by atoms with van der Waals surface area (Å²) in [5.41, 5.74) is 6.61. The number of hydrogen-bond donors (Lipinski definition) is 1. The fourth-order valence-electron chi connectivity index (χ4n) is 1.41. The van der Waals surface area contributed by atoms with Gasteiger partial charge in [-0.25, -0.2) is 0 Å². The molecule has 0 spiro atoms. The lowest BCUT2D eigenvalue weighted by molar-refractivity contribution is 0.479. The first-order valence-electron chi connectivity index (χ1n) is 5.11. The lowest BCUT2D eigenvalue weighted by Gasteiger charge is -2.09. The van der Waals surface area contributed by atoms with Crippen molar-refractivity contribution in [3.8, 4) is 11.5 Å². The minimum absolute atomic E-state index is 0.510. The van der Waals surface area contributed by atoms with Crippen LogP contribution in [0.3, 0.4) is 0 Å². The van der Waals surface area contributed by atoms with Gasteiger partial charge in [0.1, 0.15) is 11.5 Å². The molecule has 0 aliphatic carbocycles. The van der Waals surface area contributed by atoms with Crippen molar-refractivity contribution >= 4 is 27.5 Å². The maximum absolute atomic E-state index is 5.89. The third-order valence-corrected chi connectivity index (χ3v) is 3.11. The Hall–Kier alpha value is -1.03. The zero-order chi connectivity index (χ0) is 12.3. The Bertz CT molecular complexity index is 531. The highest BCUT2D eigenvalue weighted by Gasteiger charge is 2.04. The lowest BCUT2D eigenvalue weighted by atomic mass is 10.2. The molecule has 0 amide bonds. The van der Waals surface area contributed by atoms with Gasteiger partial charge >= 0.3 is 0 Å². The SMILES string of the molecule is NCc1ccc(Oc2cccc(Cl)c2)c(Br)c1. The van der Waals surface area contributed by atoms with Gasteiger partial charge in [-0.15, -0.1) is 0 Å². The van der Waals surface area contributed by atoms with Crippen LogP contribution in [0, 0.1) is 0 Å². The molecule has 0 aromatic heterocycles. The van der Waals surface area contributed by atoms with Crippen molar-refractivity contribution in [1.82, 2.24) is 0 Å². The summed E-state index contributed by atoms with van der Waals surface area (Å²) in [4.78, 5) is 0.